The fourth-order valence-corrected chi connectivity index (χ4v) is 4.42. The largest absolute Gasteiger partial charge is 0.376 e. The normalized spacial score (nSPS) is 14.9. The maximum Gasteiger partial charge on any atom is 0.243 e. The molecule has 0 aliphatic carbocycles. The van der Waals surface area contributed by atoms with Crippen molar-refractivity contribution < 1.29 is 22.0 Å². The predicted octanol–water partition coefficient (Wildman–Crippen LogP) is 2.80. The number of hydrogen-bond acceptors (Lipinski definition) is 4. The lowest BCUT2D eigenvalue weighted by atomic mass is 10.3. The van der Waals surface area contributed by atoms with E-state index in [1.165, 1.54) is 16.4 Å². The van der Waals surface area contributed by atoms with E-state index in [0.29, 0.717) is 18.8 Å². The molecular weight excluding hydrogens is 376 g/mol. The van der Waals surface area contributed by atoms with E-state index in [4.69, 9.17) is 0 Å². The molecule has 1 saturated heterocycles. The van der Waals surface area contributed by atoms with Gasteiger partial charge in [-0.25, -0.2) is 17.2 Å². The van der Waals surface area contributed by atoms with Gasteiger partial charge in [0.25, 0.3) is 0 Å². The zero-order valence-corrected chi connectivity index (χ0v) is 15.2. The van der Waals surface area contributed by atoms with E-state index in [-0.39, 0.29) is 17.1 Å². The molecule has 1 amide bonds. The van der Waals surface area contributed by atoms with Crippen LogP contribution in [0.25, 0.3) is 0 Å². The van der Waals surface area contributed by atoms with E-state index in [1.54, 1.807) is 12.1 Å². The minimum atomic E-state index is -3.58. The number of benzene rings is 2. The molecule has 0 aromatic heterocycles. The van der Waals surface area contributed by atoms with Crippen LogP contribution in [0.5, 0.6) is 0 Å². The summed E-state index contributed by atoms with van der Waals surface area (Å²) < 4.78 is 52.9. The Morgan fingerprint density at radius 1 is 1.00 bits per heavy atom. The Labute approximate surface area is 156 Å². The molecule has 0 radical (unpaired) electrons. The summed E-state index contributed by atoms with van der Waals surface area (Å²) in [6.45, 7) is 0.756. The Balaban J connectivity index is 1.64. The summed E-state index contributed by atoms with van der Waals surface area (Å²) in [4.78, 5) is 12.2. The molecule has 3 rings (SSSR count). The first-order chi connectivity index (χ1) is 12.8. The third-order valence-corrected chi connectivity index (χ3v) is 6.03. The van der Waals surface area contributed by atoms with E-state index in [2.05, 4.69) is 10.6 Å². The summed E-state index contributed by atoms with van der Waals surface area (Å²) in [5, 5.41) is 5.19. The van der Waals surface area contributed by atoms with Crippen LogP contribution >= 0.6 is 0 Å². The van der Waals surface area contributed by atoms with Crippen molar-refractivity contribution in [2.24, 2.45) is 0 Å². The van der Waals surface area contributed by atoms with Crippen LogP contribution < -0.4 is 10.6 Å². The highest BCUT2D eigenvalue weighted by Gasteiger charge is 2.27. The molecule has 0 spiro atoms. The van der Waals surface area contributed by atoms with Gasteiger partial charge in [0.2, 0.25) is 15.9 Å². The highest BCUT2D eigenvalue weighted by Crippen LogP contribution is 2.23. The lowest BCUT2D eigenvalue weighted by Gasteiger charge is -2.16. The van der Waals surface area contributed by atoms with Crippen LogP contribution in [0.2, 0.25) is 0 Å². The first-order valence-corrected chi connectivity index (χ1v) is 9.89. The number of amides is 1. The molecule has 2 N–H and O–H groups in total. The van der Waals surface area contributed by atoms with Crippen LogP contribution in [-0.2, 0) is 14.8 Å². The molecule has 0 saturated carbocycles. The molecule has 6 nitrogen and oxygen atoms in total. The molecule has 144 valence electrons. The maximum absolute atomic E-state index is 13.1. The molecule has 1 aliphatic heterocycles. The lowest BCUT2D eigenvalue weighted by molar-refractivity contribution is -0.114. The number of nitrogens with zero attached hydrogens (tertiary/aromatic N) is 1. The van der Waals surface area contributed by atoms with Crippen molar-refractivity contribution in [3.8, 4) is 0 Å². The van der Waals surface area contributed by atoms with Gasteiger partial charge < -0.3 is 10.6 Å². The van der Waals surface area contributed by atoms with Gasteiger partial charge in [-0.1, -0.05) is 6.07 Å². The zero-order chi connectivity index (χ0) is 19.4. The van der Waals surface area contributed by atoms with E-state index in [0.717, 1.165) is 31.0 Å². The molecule has 2 aromatic rings. The van der Waals surface area contributed by atoms with Crippen LogP contribution in [0, 0.1) is 11.6 Å². The molecule has 0 atom stereocenters. The fraction of sp³-hybridized carbons (Fsp3) is 0.278. The quantitative estimate of drug-likeness (QED) is 0.788. The molecule has 0 bridgehead atoms. The van der Waals surface area contributed by atoms with Crippen LogP contribution in [0.3, 0.4) is 0 Å². The van der Waals surface area contributed by atoms with E-state index in [1.807, 2.05) is 0 Å². The summed E-state index contributed by atoms with van der Waals surface area (Å²) in [6, 6.07) is 8.87. The van der Waals surface area contributed by atoms with Crippen molar-refractivity contribution in [3.05, 3.63) is 54.1 Å². The highest BCUT2D eigenvalue weighted by atomic mass is 32.2. The third-order valence-electron chi connectivity index (χ3n) is 4.14. The van der Waals surface area contributed by atoms with Gasteiger partial charge in [0.1, 0.15) is 11.6 Å². The van der Waals surface area contributed by atoms with Gasteiger partial charge >= 0.3 is 0 Å². The standard InChI is InChI=1S/C18H19F2N3O3S/c19-13-8-14(20)10-16(9-13)21-12-18(24)22-15-4-3-5-17(11-15)27(25,26)23-6-1-2-7-23/h3-5,8-11,21H,1-2,6-7,12H2,(H,22,24). The Hall–Kier alpha value is -2.52. The van der Waals surface area contributed by atoms with Gasteiger partial charge in [-0.2, -0.15) is 4.31 Å². The second-order valence-electron chi connectivity index (χ2n) is 6.20. The molecule has 1 aliphatic rings. The molecule has 0 unspecified atom stereocenters. The predicted molar refractivity (Wildman–Crippen MR) is 97.9 cm³/mol. The summed E-state index contributed by atoms with van der Waals surface area (Å²) in [7, 11) is -3.58. The van der Waals surface area contributed by atoms with E-state index < -0.39 is 27.6 Å². The minimum Gasteiger partial charge on any atom is -0.376 e. The van der Waals surface area contributed by atoms with Gasteiger partial charge in [0, 0.05) is 30.5 Å². The Morgan fingerprint density at radius 2 is 1.67 bits per heavy atom. The van der Waals surface area contributed by atoms with E-state index >= 15 is 0 Å². The number of carbonyl (C=O) groups excluding carboxylic acids is 1. The number of carbonyl (C=O) groups is 1. The van der Waals surface area contributed by atoms with E-state index in [9.17, 15) is 22.0 Å². The zero-order valence-electron chi connectivity index (χ0n) is 14.4. The molecular formula is C18H19F2N3O3S. The minimum absolute atomic E-state index is 0.113. The Morgan fingerprint density at radius 3 is 2.33 bits per heavy atom. The average molecular weight is 395 g/mol. The fourth-order valence-electron chi connectivity index (χ4n) is 2.86. The smallest absolute Gasteiger partial charge is 0.243 e. The molecule has 1 fully saturated rings. The van der Waals surface area contributed by atoms with Crippen molar-refractivity contribution in [1.29, 1.82) is 0 Å². The van der Waals surface area contributed by atoms with Crippen molar-refractivity contribution in [1.82, 2.24) is 4.31 Å². The SMILES string of the molecule is O=C(CNc1cc(F)cc(F)c1)Nc1cccc(S(=O)(=O)N2CCCC2)c1. The number of hydrogen-bond donors (Lipinski definition) is 2. The van der Waals surface area contributed by atoms with Crippen LogP contribution in [0.1, 0.15) is 12.8 Å². The van der Waals surface area contributed by atoms with Crippen LogP contribution in [0.15, 0.2) is 47.4 Å². The van der Waals surface area contributed by atoms with Gasteiger partial charge in [-0.3, -0.25) is 4.79 Å². The van der Waals surface area contributed by atoms with Crippen molar-refractivity contribution in [2.75, 3.05) is 30.3 Å². The summed E-state index contributed by atoms with van der Waals surface area (Å²) in [6.07, 6.45) is 1.67. The lowest BCUT2D eigenvalue weighted by Crippen LogP contribution is -2.28. The van der Waals surface area contributed by atoms with Gasteiger partial charge in [0.05, 0.1) is 11.4 Å². The topological polar surface area (TPSA) is 78.5 Å². The number of nitrogens with one attached hydrogen (secondary N) is 2. The van der Waals surface area contributed by atoms with Crippen LogP contribution in [-0.4, -0.2) is 38.3 Å². The molecule has 27 heavy (non-hydrogen) atoms. The summed E-state index contributed by atoms with van der Waals surface area (Å²) >= 11 is 0. The molecule has 9 heteroatoms. The number of halogens is 2. The number of rotatable bonds is 6. The Bertz CT molecular complexity index is 924. The van der Waals surface area contributed by atoms with Crippen molar-refractivity contribution in [2.45, 2.75) is 17.7 Å². The second kappa shape index (κ2) is 8.01. The van der Waals surface area contributed by atoms with Gasteiger partial charge in [-0.15, -0.1) is 0 Å². The van der Waals surface area contributed by atoms with Crippen molar-refractivity contribution >= 4 is 27.3 Å². The summed E-state index contributed by atoms with van der Waals surface area (Å²) in [5.41, 5.74) is 0.459. The van der Waals surface area contributed by atoms with Gasteiger partial charge in [-0.05, 0) is 43.2 Å². The number of sulfonamides is 1. The third kappa shape index (κ3) is 4.81. The first kappa shape index (κ1) is 19.2. The van der Waals surface area contributed by atoms with Crippen molar-refractivity contribution in [3.63, 3.8) is 0 Å². The summed E-state index contributed by atoms with van der Waals surface area (Å²) in [5.74, 6) is -1.98. The number of anilines is 2. The monoisotopic (exact) mass is 395 g/mol. The Kier molecular flexibility index (Phi) is 5.71. The molecule has 2 aromatic carbocycles. The highest BCUT2D eigenvalue weighted by molar-refractivity contribution is 7.89. The molecule has 1 heterocycles. The van der Waals surface area contributed by atoms with Gasteiger partial charge in [0.15, 0.2) is 0 Å². The average Bonchev–Trinajstić information content (AvgIpc) is 3.15. The second-order valence-corrected chi connectivity index (χ2v) is 8.14. The first-order valence-electron chi connectivity index (χ1n) is 8.45. The van der Waals surface area contributed by atoms with Crippen LogP contribution in [0.4, 0.5) is 20.2 Å². The maximum atomic E-state index is 13.1.